The van der Waals surface area contributed by atoms with Crippen molar-refractivity contribution < 1.29 is 4.79 Å². The lowest BCUT2D eigenvalue weighted by Gasteiger charge is -2.10. The van der Waals surface area contributed by atoms with E-state index in [0.29, 0.717) is 18.4 Å². The van der Waals surface area contributed by atoms with Gasteiger partial charge in [0.15, 0.2) is 0 Å². The van der Waals surface area contributed by atoms with Crippen LogP contribution in [0.15, 0.2) is 60.7 Å². The maximum Gasteiger partial charge on any atom is 0.234 e. The first-order valence-corrected chi connectivity index (χ1v) is 7.71. The standard InChI is InChI=1S/C19H22N2O/c1-21(2)13-16(22)20-19-17(14-9-5-3-6-10-14)18(19)15-11-7-4-8-12-15/h3-12,17-19H,13H2,1-2H3,(H,20,22)/t17-,18+,19+. The van der Waals surface area contributed by atoms with Crippen LogP contribution in [0.1, 0.15) is 23.0 Å². The Kier molecular flexibility index (Phi) is 4.25. The van der Waals surface area contributed by atoms with Crippen molar-refractivity contribution >= 4 is 5.91 Å². The number of rotatable bonds is 5. The van der Waals surface area contributed by atoms with E-state index in [2.05, 4.69) is 53.8 Å². The molecule has 0 aromatic heterocycles. The van der Waals surface area contributed by atoms with Crippen LogP contribution in [0.3, 0.4) is 0 Å². The van der Waals surface area contributed by atoms with E-state index in [4.69, 9.17) is 0 Å². The van der Waals surface area contributed by atoms with E-state index in [1.807, 2.05) is 31.1 Å². The van der Waals surface area contributed by atoms with E-state index in [0.717, 1.165) is 0 Å². The van der Waals surface area contributed by atoms with Gasteiger partial charge in [0, 0.05) is 17.9 Å². The highest BCUT2D eigenvalue weighted by atomic mass is 16.2. The molecule has 0 saturated heterocycles. The summed E-state index contributed by atoms with van der Waals surface area (Å²) in [6.45, 7) is 0.430. The van der Waals surface area contributed by atoms with Crippen molar-refractivity contribution in [3.05, 3.63) is 71.8 Å². The Bertz CT molecular complexity index is 579. The highest BCUT2D eigenvalue weighted by Crippen LogP contribution is 2.54. The summed E-state index contributed by atoms with van der Waals surface area (Å²) in [6, 6.07) is 21.1. The number of likely N-dealkylation sites (N-methyl/N-ethyl adjacent to an activating group) is 1. The van der Waals surface area contributed by atoms with Crippen molar-refractivity contribution in [3.63, 3.8) is 0 Å². The molecule has 0 aliphatic heterocycles. The Hall–Kier alpha value is -2.13. The molecule has 1 fully saturated rings. The molecule has 0 spiro atoms. The first kappa shape index (κ1) is 14.8. The molecule has 0 radical (unpaired) electrons. The Morgan fingerprint density at radius 1 is 0.909 bits per heavy atom. The summed E-state index contributed by atoms with van der Waals surface area (Å²) in [4.78, 5) is 14.0. The van der Waals surface area contributed by atoms with Crippen LogP contribution in [0.2, 0.25) is 0 Å². The molecule has 1 aliphatic carbocycles. The zero-order valence-electron chi connectivity index (χ0n) is 13.1. The van der Waals surface area contributed by atoms with Gasteiger partial charge in [-0.15, -0.1) is 0 Å². The molecule has 3 heteroatoms. The van der Waals surface area contributed by atoms with Crippen LogP contribution in [-0.2, 0) is 4.79 Å². The van der Waals surface area contributed by atoms with E-state index in [-0.39, 0.29) is 11.9 Å². The van der Waals surface area contributed by atoms with Crippen molar-refractivity contribution in [2.24, 2.45) is 0 Å². The molecule has 0 unspecified atom stereocenters. The number of amides is 1. The highest BCUT2D eigenvalue weighted by Gasteiger charge is 2.52. The minimum atomic E-state index is 0.0920. The predicted molar refractivity (Wildman–Crippen MR) is 88.9 cm³/mol. The molecular formula is C19H22N2O. The molecule has 1 saturated carbocycles. The quantitative estimate of drug-likeness (QED) is 0.919. The van der Waals surface area contributed by atoms with Crippen LogP contribution in [0.25, 0.3) is 0 Å². The number of carbonyl (C=O) groups is 1. The number of nitrogens with zero attached hydrogens (tertiary/aromatic N) is 1. The molecule has 3 atom stereocenters. The Morgan fingerprint density at radius 2 is 1.36 bits per heavy atom. The second-order valence-corrected chi connectivity index (χ2v) is 6.20. The van der Waals surface area contributed by atoms with E-state index < -0.39 is 0 Å². The summed E-state index contributed by atoms with van der Waals surface area (Å²) < 4.78 is 0. The molecule has 2 aromatic rings. The third-order valence-electron chi connectivity index (χ3n) is 4.18. The fraction of sp³-hybridized carbons (Fsp3) is 0.316. The highest BCUT2D eigenvalue weighted by molar-refractivity contribution is 5.79. The maximum atomic E-state index is 12.1. The zero-order valence-corrected chi connectivity index (χ0v) is 13.1. The second kappa shape index (κ2) is 6.32. The molecule has 0 heterocycles. The Balaban J connectivity index is 1.79. The number of benzene rings is 2. The van der Waals surface area contributed by atoms with Gasteiger partial charge in [0.25, 0.3) is 0 Å². The van der Waals surface area contributed by atoms with E-state index >= 15 is 0 Å². The number of hydrogen-bond acceptors (Lipinski definition) is 2. The summed E-state index contributed by atoms with van der Waals surface area (Å²) in [5.74, 6) is 0.832. The van der Waals surface area contributed by atoms with Crippen LogP contribution >= 0.6 is 0 Å². The van der Waals surface area contributed by atoms with Gasteiger partial charge in [-0.3, -0.25) is 4.79 Å². The summed E-state index contributed by atoms with van der Waals surface area (Å²) in [5.41, 5.74) is 2.60. The zero-order chi connectivity index (χ0) is 15.5. The summed E-state index contributed by atoms with van der Waals surface area (Å²) in [7, 11) is 3.83. The first-order chi connectivity index (χ1) is 10.7. The van der Waals surface area contributed by atoms with Gasteiger partial charge in [0.05, 0.1) is 6.54 Å². The molecule has 2 aromatic carbocycles. The van der Waals surface area contributed by atoms with Crippen LogP contribution in [0.4, 0.5) is 0 Å². The lowest BCUT2D eigenvalue weighted by molar-refractivity contribution is -0.121. The van der Waals surface area contributed by atoms with Gasteiger partial charge < -0.3 is 10.2 Å². The van der Waals surface area contributed by atoms with Gasteiger partial charge in [-0.2, -0.15) is 0 Å². The topological polar surface area (TPSA) is 32.3 Å². The fourth-order valence-electron chi connectivity index (χ4n) is 3.19. The Labute approximate surface area is 132 Å². The first-order valence-electron chi connectivity index (χ1n) is 7.71. The van der Waals surface area contributed by atoms with Crippen molar-refractivity contribution in [2.45, 2.75) is 17.9 Å². The Morgan fingerprint density at radius 3 is 1.77 bits per heavy atom. The number of carbonyl (C=O) groups excluding carboxylic acids is 1. The molecule has 3 rings (SSSR count). The van der Waals surface area contributed by atoms with E-state index in [9.17, 15) is 4.79 Å². The number of nitrogens with one attached hydrogen (secondary N) is 1. The average Bonchev–Trinajstić information content (AvgIpc) is 3.22. The van der Waals surface area contributed by atoms with E-state index in [1.165, 1.54) is 11.1 Å². The molecule has 114 valence electrons. The summed E-state index contributed by atoms with van der Waals surface area (Å²) >= 11 is 0. The molecule has 0 bridgehead atoms. The third kappa shape index (κ3) is 3.20. The van der Waals surface area contributed by atoms with Crippen LogP contribution in [0.5, 0.6) is 0 Å². The largest absolute Gasteiger partial charge is 0.351 e. The third-order valence-corrected chi connectivity index (χ3v) is 4.18. The molecule has 1 N–H and O–H groups in total. The molecule has 1 amide bonds. The van der Waals surface area contributed by atoms with Crippen molar-refractivity contribution in [3.8, 4) is 0 Å². The average molecular weight is 294 g/mol. The van der Waals surface area contributed by atoms with E-state index in [1.54, 1.807) is 0 Å². The van der Waals surface area contributed by atoms with Crippen molar-refractivity contribution in [1.82, 2.24) is 10.2 Å². The molecule has 22 heavy (non-hydrogen) atoms. The number of hydrogen-bond donors (Lipinski definition) is 1. The summed E-state index contributed by atoms with van der Waals surface area (Å²) in [5, 5.41) is 3.20. The van der Waals surface area contributed by atoms with Crippen LogP contribution < -0.4 is 5.32 Å². The van der Waals surface area contributed by atoms with Crippen LogP contribution in [-0.4, -0.2) is 37.5 Å². The molecule has 3 nitrogen and oxygen atoms in total. The maximum absolute atomic E-state index is 12.1. The van der Waals surface area contributed by atoms with Crippen molar-refractivity contribution in [2.75, 3.05) is 20.6 Å². The lowest BCUT2D eigenvalue weighted by atomic mass is 10.0. The van der Waals surface area contributed by atoms with Gasteiger partial charge >= 0.3 is 0 Å². The lowest BCUT2D eigenvalue weighted by Crippen LogP contribution is -2.35. The normalized spacial score (nSPS) is 23.3. The minimum Gasteiger partial charge on any atom is -0.351 e. The van der Waals surface area contributed by atoms with Gasteiger partial charge in [-0.05, 0) is 25.2 Å². The molecule has 1 aliphatic rings. The van der Waals surface area contributed by atoms with Gasteiger partial charge in [0.1, 0.15) is 0 Å². The van der Waals surface area contributed by atoms with Gasteiger partial charge in [-0.1, -0.05) is 60.7 Å². The van der Waals surface area contributed by atoms with Crippen LogP contribution in [0, 0.1) is 0 Å². The predicted octanol–water partition coefficient (Wildman–Crippen LogP) is 2.61. The second-order valence-electron chi connectivity index (χ2n) is 6.20. The minimum absolute atomic E-state index is 0.0920. The summed E-state index contributed by atoms with van der Waals surface area (Å²) in [6.07, 6.45) is 0. The van der Waals surface area contributed by atoms with Gasteiger partial charge in [-0.25, -0.2) is 0 Å². The monoisotopic (exact) mass is 294 g/mol. The molecular weight excluding hydrogens is 272 g/mol. The fourth-order valence-corrected chi connectivity index (χ4v) is 3.19. The van der Waals surface area contributed by atoms with Crippen molar-refractivity contribution in [1.29, 1.82) is 0 Å². The SMILES string of the molecule is CN(C)CC(=O)N[C@@H]1[C@@H](c2ccccc2)[C@H]1c1ccccc1. The smallest absolute Gasteiger partial charge is 0.234 e. The van der Waals surface area contributed by atoms with Gasteiger partial charge in [0.2, 0.25) is 5.91 Å².